The van der Waals surface area contributed by atoms with Crippen molar-refractivity contribution in [2.75, 3.05) is 5.32 Å². The minimum absolute atomic E-state index is 0.201. The molecule has 0 saturated carbocycles. The van der Waals surface area contributed by atoms with Gasteiger partial charge < -0.3 is 10.4 Å². The predicted molar refractivity (Wildman–Crippen MR) is 62.0 cm³/mol. The first-order valence-corrected chi connectivity index (χ1v) is 5.56. The molecule has 4 nitrogen and oxygen atoms in total. The number of aliphatic hydroxyl groups is 1. The van der Waals surface area contributed by atoms with Crippen LogP contribution in [-0.2, 0) is 15.2 Å². The number of amides is 1. The van der Waals surface area contributed by atoms with E-state index >= 15 is 0 Å². The summed E-state index contributed by atoms with van der Waals surface area (Å²) in [5.41, 5.74) is -0.721. The van der Waals surface area contributed by atoms with E-state index in [2.05, 4.69) is 21.2 Å². The van der Waals surface area contributed by atoms with Gasteiger partial charge in [-0.3, -0.25) is 9.59 Å². The zero-order chi connectivity index (χ0) is 11.9. The van der Waals surface area contributed by atoms with E-state index < -0.39 is 11.5 Å². The van der Waals surface area contributed by atoms with Crippen LogP contribution in [0.1, 0.15) is 18.9 Å². The lowest BCUT2D eigenvalue weighted by atomic mass is 9.90. The molecular formula is C11H10BrNO3. The molecule has 0 radical (unpaired) electrons. The molecule has 1 aliphatic heterocycles. The van der Waals surface area contributed by atoms with E-state index in [1.807, 2.05) is 0 Å². The van der Waals surface area contributed by atoms with Crippen molar-refractivity contribution in [3.8, 4) is 0 Å². The molecule has 0 bridgehead atoms. The number of rotatable bonds is 2. The maximum Gasteiger partial charge on any atom is 0.261 e. The Morgan fingerprint density at radius 2 is 2.25 bits per heavy atom. The first-order valence-electron chi connectivity index (χ1n) is 4.77. The molecule has 0 aliphatic carbocycles. The fourth-order valence-electron chi connectivity index (χ4n) is 1.86. The summed E-state index contributed by atoms with van der Waals surface area (Å²) in [5.74, 6) is -0.774. The van der Waals surface area contributed by atoms with E-state index in [1.54, 1.807) is 18.2 Å². The highest BCUT2D eigenvalue weighted by Crippen LogP contribution is 2.39. The third kappa shape index (κ3) is 1.66. The van der Waals surface area contributed by atoms with Crippen LogP contribution in [0.5, 0.6) is 0 Å². The van der Waals surface area contributed by atoms with Gasteiger partial charge in [0.05, 0.1) is 0 Å². The van der Waals surface area contributed by atoms with Gasteiger partial charge >= 0.3 is 0 Å². The number of hydrogen-bond acceptors (Lipinski definition) is 3. The van der Waals surface area contributed by atoms with Gasteiger partial charge in [0, 0.05) is 22.1 Å². The van der Waals surface area contributed by atoms with Gasteiger partial charge in [0.1, 0.15) is 5.78 Å². The molecular weight excluding hydrogens is 274 g/mol. The molecule has 2 rings (SSSR count). The number of carbonyl (C=O) groups is 2. The molecule has 1 heterocycles. The number of carbonyl (C=O) groups excluding carboxylic acids is 2. The lowest BCUT2D eigenvalue weighted by Gasteiger charge is -2.18. The van der Waals surface area contributed by atoms with Gasteiger partial charge in [-0.05, 0) is 19.1 Å². The molecule has 0 saturated heterocycles. The van der Waals surface area contributed by atoms with Crippen LogP contribution in [0.2, 0.25) is 0 Å². The zero-order valence-electron chi connectivity index (χ0n) is 8.58. The number of anilines is 1. The van der Waals surface area contributed by atoms with Crippen LogP contribution < -0.4 is 5.32 Å². The first-order chi connectivity index (χ1) is 7.43. The van der Waals surface area contributed by atoms with E-state index in [0.717, 1.165) is 4.47 Å². The van der Waals surface area contributed by atoms with Gasteiger partial charge in [0.15, 0.2) is 5.60 Å². The first kappa shape index (κ1) is 11.3. The molecule has 2 N–H and O–H groups in total. The summed E-state index contributed by atoms with van der Waals surface area (Å²) >= 11 is 3.27. The third-order valence-corrected chi connectivity index (χ3v) is 3.05. The number of hydrogen-bond donors (Lipinski definition) is 2. The Balaban J connectivity index is 2.51. The second-order valence-electron chi connectivity index (χ2n) is 3.88. The van der Waals surface area contributed by atoms with Crippen LogP contribution in [0.4, 0.5) is 5.69 Å². The number of benzene rings is 1. The number of ketones is 1. The average Bonchev–Trinajstić information content (AvgIpc) is 2.37. The highest BCUT2D eigenvalue weighted by Gasteiger charge is 2.45. The van der Waals surface area contributed by atoms with E-state index in [-0.39, 0.29) is 12.2 Å². The van der Waals surface area contributed by atoms with Crippen molar-refractivity contribution in [3.63, 3.8) is 0 Å². The molecule has 5 heteroatoms. The largest absolute Gasteiger partial charge is 0.375 e. The number of nitrogens with one attached hydrogen (secondary N) is 1. The molecule has 1 aromatic carbocycles. The molecule has 0 spiro atoms. The third-order valence-electron chi connectivity index (χ3n) is 2.56. The molecule has 0 aromatic heterocycles. The maximum absolute atomic E-state index is 11.7. The Kier molecular flexibility index (Phi) is 2.59. The van der Waals surface area contributed by atoms with E-state index in [9.17, 15) is 14.7 Å². The molecule has 16 heavy (non-hydrogen) atoms. The average molecular weight is 284 g/mol. The predicted octanol–water partition coefficient (Wildman–Crippen LogP) is 1.57. The molecule has 0 fully saturated rings. The molecule has 1 atom stereocenters. The topological polar surface area (TPSA) is 66.4 Å². The fourth-order valence-corrected chi connectivity index (χ4v) is 2.23. The standard InChI is InChI=1S/C11H10BrNO3/c1-6(14)5-11(16)8-3-2-7(12)4-9(8)13-10(11)15/h2-4,16H,5H2,1H3,(H,13,15). The van der Waals surface area contributed by atoms with Crippen LogP contribution in [0.3, 0.4) is 0 Å². The second-order valence-corrected chi connectivity index (χ2v) is 4.80. The van der Waals surface area contributed by atoms with Crippen LogP contribution in [0, 0.1) is 0 Å². The fraction of sp³-hybridized carbons (Fsp3) is 0.273. The van der Waals surface area contributed by atoms with Gasteiger partial charge in [0.2, 0.25) is 0 Å². The van der Waals surface area contributed by atoms with Gasteiger partial charge in [0.25, 0.3) is 5.91 Å². The van der Waals surface area contributed by atoms with Crippen LogP contribution in [0.15, 0.2) is 22.7 Å². The second kappa shape index (κ2) is 3.68. The summed E-state index contributed by atoms with van der Waals surface area (Å²) < 4.78 is 0.804. The number of halogens is 1. The summed E-state index contributed by atoms with van der Waals surface area (Å²) in [5, 5.41) is 12.8. The maximum atomic E-state index is 11.7. The van der Waals surface area contributed by atoms with Gasteiger partial charge in [-0.2, -0.15) is 0 Å². The Morgan fingerprint density at radius 3 is 2.88 bits per heavy atom. The van der Waals surface area contributed by atoms with Crippen molar-refractivity contribution < 1.29 is 14.7 Å². The summed E-state index contributed by atoms with van der Waals surface area (Å²) in [6, 6.07) is 5.07. The van der Waals surface area contributed by atoms with Crippen LogP contribution >= 0.6 is 15.9 Å². The number of fused-ring (bicyclic) bond motifs is 1. The van der Waals surface area contributed by atoms with Crippen molar-refractivity contribution in [3.05, 3.63) is 28.2 Å². The van der Waals surface area contributed by atoms with Crippen LogP contribution in [-0.4, -0.2) is 16.8 Å². The summed E-state index contributed by atoms with van der Waals surface area (Å²) in [7, 11) is 0. The summed E-state index contributed by atoms with van der Waals surface area (Å²) in [6.45, 7) is 1.35. The normalized spacial score (nSPS) is 22.8. The van der Waals surface area contributed by atoms with Crippen LogP contribution in [0.25, 0.3) is 0 Å². The molecule has 84 valence electrons. The van der Waals surface area contributed by atoms with Gasteiger partial charge in [-0.15, -0.1) is 0 Å². The van der Waals surface area contributed by atoms with E-state index in [4.69, 9.17) is 0 Å². The van der Waals surface area contributed by atoms with Gasteiger partial charge in [-0.1, -0.05) is 22.0 Å². The van der Waals surface area contributed by atoms with E-state index in [1.165, 1.54) is 6.92 Å². The molecule has 1 aromatic rings. The quantitative estimate of drug-likeness (QED) is 0.866. The monoisotopic (exact) mass is 283 g/mol. The highest BCUT2D eigenvalue weighted by molar-refractivity contribution is 9.10. The summed E-state index contributed by atoms with van der Waals surface area (Å²) in [4.78, 5) is 22.7. The minimum atomic E-state index is -1.72. The van der Waals surface area contributed by atoms with Crippen molar-refractivity contribution in [2.45, 2.75) is 18.9 Å². The van der Waals surface area contributed by atoms with Crippen molar-refractivity contribution in [1.29, 1.82) is 0 Å². The Morgan fingerprint density at radius 1 is 1.56 bits per heavy atom. The smallest absolute Gasteiger partial charge is 0.261 e. The van der Waals surface area contributed by atoms with Crippen molar-refractivity contribution >= 4 is 33.3 Å². The highest BCUT2D eigenvalue weighted by atomic mass is 79.9. The number of Topliss-reactive ketones (excluding diaryl/α,β-unsaturated/α-hetero) is 1. The molecule has 1 unspecified atom stereocenters. The lowest BCUT2D eigenvalue weighted by molar-refractivity contribution is -0.139. The lowest BCUT2D eigenvalue weighted by Crippen LogP contribution is -2.35. The Labute approximate surface area is 101 Å². The van der Waals surface area contributed by atoms with Crippen molar-refractivity contribution in [2.24, 2.45) is 0 Å². The Hall–Kier alpha value is -1.20. The summed E-state index contributed by atoms with van der Waals surface area (Å²) in [6.07, 6.45) is -0.201. The van der Waals surface area contributed by atoms with Gasteiger partial charge in [-0.25, -0.2) is 0 Å². The van der Waals surface area contributed by atoms with Crippen molar-refractivity contribution in [1.82, 2.24) is 0 Å². The zero-order valence-corrected chi connectivity index (χ0v) is 10.2. The minimum Gasteiger partial charge on any atom is -0.375 e. The van der Waals surface area contributed by atoms with E-state index in [0.29, 0.717) is 11.3 Å². The Bertz CT molecular complexity index is 486. The molecule has 1 aliphatic rings. The molecule has 1 amide bonds. The SMILES string of the molecule is CC(=O)CC1(O)C(=O)Nc2cc(Br)ccc21.